The molecule has 2 aromatic carbocycles. The van der Waals surface area contributed by atoms with Crippen molar-refractivity contribution in [3.05, 3.63) is 47.5 Å². The van der Waals surface area contributed by atoms with Crippen molar-refractivity contribution in [2.45, 2.75) is 20.8 Å². The summed E-state index contributed by atoms with van der Waals surface area (Å²) in [4.78, 5) is 12.6. The molecule has 1 amide bonds. The van der Waals surface area contributed by atoms with E-state index in [0.717, 1.165) is 5.56 Å². The molecule has 0 saturated heterocycles. The number of benzene rings is 2. The van der Waals surface area contributed by atoms with E-state index in [1.807, 2.05) is 45.0 Å². The maximum atomic E-state index is 12.6. The molecule has 0 atom stereocenters. The van der Waals surface area contributed by atoms with E-state index in [-0.39, 0.29) is 0 Å². The Morgan fingerprint density at radius 1 is 0.964 bits per heavy atom. The standard InChI is InChI=1S/C21H26N2O5/c1-5-26-18-12-16(13-19(27-6-2)20(18)28-7-3)21(24)23-22-14-15-10-8-9-11-17(15)25-4/h8-14H,5-7H2,1-4H3,(H,23,24)/b22-14-. The van der Waals surface area contributed by atoms with Crippen molar-refractivity contribution < 1.29 is 23.7 Å². The lowest BCUT2D eigenvalue weighted by molar-refractivity contribution is 0.0954. The van der Waals surface area contributed by atoms with Gasteiger partial charge in [0.25, 0.3) is 5.91 Å². The largest absolute Gasteiger partial charge is 0.496 e. The minimum Gasteiger partial charge on any atom is -0.496 e. The van der Waals surface area contributed by atoms with Crippen molar-refractivity contribution in [1.29, 1.82) is 0 Å². The molecular formula is C21H26N2O5. The minimum atomic E-state index is -0.392. The molecule has 2 aromatic rings. The lowest BCUT2D eigenvalue weighted by Gasteiger charge is -2.16. The van der Waals surface area contributed by atoms with Gasteiger partial charge in [-0.1, -0.05) is 12.1 Å². The quantitative estimate of drug-likeness (QED) is 0.498. The monoisotopic (exact) mass is 386 g/mol. The summed E-state index contributed by atoms with van der Waals surface area (Å²) in [6.45, 7) is 6.92. The van der Waals surface area contributed by atoms with Gasteiger partial charge in [-0.3, -0.25) is 4.79 Å². The van der Waals surface area contributed by atoms with Crippen molar-refractivity contribution >= 4 is 12.1 Å². The highest BCUT2D eigenvalue weighted by atomic mass is 16.5. The van der Waals surface area contributed by atoms with Gasteiger partial charge in [-0.25, -0.2) is 5.43 Å². The summed E-state index contributed by atoms with van der Waals surface area (Å²) in [6, 6.07) is 10.6. The Balaban J connectivity index is 2.25. The van der Waals surface area contributed by atoms with Crippen LogP contribution in [0.5, 0.6) is 23.0 Å². The molecule has 7 heteroatoms. The third kappa shape index (κ3) is 5.39. The first kappa shape index (κ1) is 21.1. The van der Waals surface area contributed by atoms with E-state index in [0.29, 0.717) is 48.4 Å². The SMILES string of the molecule is CCOc1cc(C(=O)N/N=C\c2ccccc2OC)cc(OCC)c1OCC. The van der Waals surface area contributed by atoms with Crippen molar-refractivity contribution in [1.82, 2.24) is 5.43 Å². The lowest BCUT2D eigenvalue weighted by atomic mass is 10.1. The summed E-state index contributed by atoms with van der Waals surface area (Å²) < 4.78 is 22.2. The van der Waals surface area contributed by atoms with Gasteiger partial charge in [-0.2, -0.15) is 5.10 Å². The fourth-order valence-corrected chi connectivity index (χ4v) is 2.52. The third-order valence-electron chi connectivity index (χ3n) is 3.68. The van der Waals surface area contributed by atoms with E-state index in [1.54, 1.807) is 19.2 Å². The van der Waals surface area contributed by atoms with Gasteiger partial charge < -0.3 is 18.9 Å². The maximum absolute atomic E-state index is 12.6. The van der Waals surface area contributed by atoms with Crippen LogP contribution in [0.1, 0.15) is 36.7 Å². The molecule has 28 heavy (non-hydrogen) atoms. The van der Waals surface area contributed by atoms with Crippen LogP contribution in [-0.4, -0.2) is 39.1 Å². The van der Waals surface area contributed by atoms with Gasteiger partial charge >= 0.3 is 0 Å². The predicted octanol–water partition coefficient (Wildman–Crippen LogP) is 3.66. The average Bonchev–Trinajstić information content (AvgIpc) is 2.70. The Labute approximate surface area is 165 Å². The van der Waals surface area contributed by atoms with E-state index < -0.39 is 5.91 Å². The second kappa shape index (κ2) is 10.8. The Morgan fingerprint density at radius 3 is 2.14 bits per heavy atom. The molecule has 0 fully saturated rings. The molecule has 0 spiro atoms. The summed E-state index contributed by atoms with van der Waals surface area (Å²) in [5, 5.41) is 4.02. The Kier molecular flexibility index (Phi) is 8.14. The molecule has 150 valence electrons. The Hall–Kier alpha value is -3.22. The van der Waals surface area contributed by atoms with Crippen LogP contribution in [0.15, 0.2) is 41.5 Å². The maximum Gasteiger partial charge on any atom is 0.271 e. The van der Waals surface area contributed by atoms with Crippen LogP contribution in [0.4, 0.5) is 0 Å². The number of carbonyl (C=O) groups is 1. The number of rotatable bonds is 10. The van der Waals surface area contributed by atoms with Gasteiger partial charge in [0.15, 0.2) is 11.5 Å². The van der Waals surface area contributed by atoms with Crippen LogP contribution in [-0.2, 0) is 0 Å². The lowest BCUT2D eigenvalue weighted by Crippen LogP contribution is -2.18. The smallest absolute Gasteiger partial charge is 0.271 e. The van der Waals surface area contributed by atoms with Crippen LogP contribution in [0.25, 0.3) is 0 Å². The number of nitrogens with one attached hydrogen (secondary N) is 1. The van der Waals surface area contributed by atoms with Gasteiger partial charge in [0.1, 0.15) is 5.75 Å². The average molecular weight is 386 g/mol. The van der Waals surface area contributed by atoms with Crippen LogP contribution in [0.3, 0.4) is 0 Å². The number of amides is 1. The highest BCUT2D eigenvalue weighted by Crippen LogP contribution is 2.39. The molecule has 7 nitrogen and oxygen atoms in total. The van der Waals surface area contributed by atoms with Gasteiger partial charge in [-0.05, 0) is 45.0 Å². The van der Waals surface area contributed by atoms with Crippen LogP contribution in [0, 0.1) is 0 Å². The third-order valence-corrected chi connectivity index (χ3v) is 3.68. The topological polar surface area (TPSA) is 78.4 Å². The summed E-state index contributed by atoms with van der Waals surface area (Å²) >= 11 is 0. The summed E-state index contributed by atoms with van der Waals surface area (Å²) in [6.07, 6.45) is 1.53. The zero-order chi connectivity index (χ0) is 20.4. The number of hydrogen-bond acceptors (Lipinski definition) is 6. The van der Waals surface area contributed by atoms with Gasteiger partial charge in [0.2, 0.25) is 5.75 Å². The molecule has 0 aliphatic heterocycles. The summed E-state index contributed by atoms with van der Waals surface area (Å²) in [5.41, 5.74) is 3.62. The zero-order valence-electron chi connectivity index (χ0n) is 16.7. The molecule has 0 bridgehead atoms. The molecule has 0 aliphatic carbocycles. The van der Waals surface area contributed by atoms with Crippen LogP contribution < -0.4 is 24.4 Å². The van der Waals surface area contributed by atoms with E-state index >= 15 is 0 Å². The second-order valence-corrected chi connectivity index (χ2v) is 5.54. The molecular weight excluding hydrogens is 360 g/mol. The minimum absolute atomic E-state index is 0.354. The first-order chi connectivity index (χ1) is 13.6. The number of nitrogens with zero attached hydrogens (tertiary/aromatic N) is 1. The fourth-order valence-electron chi connectivity index (χ4n) is 2.52. The number of hydrazone groups is 1. The van der Waals surface area contributed by atoms with Gasteiger partial charge in [0.05, 0.1) is 33.1 Å². The first-order valence-electron chi connectivity index (χ1n) is 9.17. The first-order valence-corrected chi connectivity index (χ1v) is 9.17. The van der Waals surface area contributed by atoms with Crippen molar-refractivity contribution in [2.24, 2.45) is 5.10 Å². The molecule has 0 aliphatic rings. The van der Waals surface area contributed by atoms with E-state index in [4.69, 9.17) is 18.9 Å². The number of carbonyl (C=O) groups excluding carboxylic acids is 1. The summed E-state index contributed by atoms with van der Waals surface area (Å²) in [5.74, 6) is 1.67. The molecule has 0 radical (unpaired) electrons. The van der Waals surface area contributed by atoms with Gasteiger partial charge in [0, 0.05) is 11.1 Å². The van der Waals surface area contributed by atoms with E-state index in [1.165, 1.54) is 6.21 Å². The van der Waals surface area contributed by atoms with Crippen LogP contribution >= 0.6 is 0 Å². The molecule has 0 unspecified atom stereocenters. The molecule has 0 aromatic heterocycles. The predicted molar refractivity (Wildman–Crippen MR) is 108 cm³/mol. The van der Waals surface area contributed by atoms with E-state index in [2.05, 4.69) is 10.5 Å². The number of methoxy groups -OCH3 is 1. The zero-order valence-corrected chi connectivity index (χ0v) is 16.7. The number of ether oxygens (including phenoxy) is 4. The highest BCUT2D eigenvalue weighted by Gasteiger charge is 2.18. The molecule has 0 saturated carbocycles. The van der Waals surface area contributed by atoms with Crippen molar-refractivity contribution in [3.63, 3.8) is 0 Å². The normalized spacial score (nSPS) is 10.6. The number of para-hydroxylation sites is 1. The Morgan fingerprint density at radius 2 is 1.57 bits per heavy atom. The van der Waals surface area contributed by atoms with E-state index in [9.17, 15) is 4.79 Å². The van der Waals surface area contributed by atoms with Gasteiger partial charge in [-0.15, -0.1) is 0 Å². The van der Waals surface area contributed by atoms with Crippen LogP contribution in [0.2, 0.25) is 0 Å². The molecule has 1 N–H and O–H groups in total. The van der Waals surface area contributed by atoms with Crippen molar-refractivity contribution in [2.75, 3.05) is 26.9 Å². The fraction of sp³-hybridized carbons (Fsp3) is 0.333. The highest BCUT2D eigenvalue weighted by molar-refractivity contribution is 5.96. The van der Waals surface area contributed by atoms with Crippen molar-refractivity contribution in [3.8, 4) is 23.0 Å². The molecule has 0 heterocycles. The Bertz CT molecular complexity index is 793. The second-order valence-electron chi connectivity index (χ2n) is 5.54. The molecule has 2 rings (SSSR count). The number of hydrogen-bond donors (Lipinski definition) is 1. The summed E-state index contributed by atoms with van der Waals surface area (Å²) in [7, 11) is 1.58.